The quantitative estimate of drug-likeness (QED) is 0.377. The lowest BCUT2D eigenvalue weighted by molar-refractivity contribution is 0.405. The van der Waals surface area contributed by atoms with Gasteiger partial charge in [0.05, 0.1) is 13.2 Å². The van der Waals surface area contributed by atoms with Crippen molar-refractivity contribution in [2.24, 2.45) is 5.84 Å². The molecule has 0 aliphatic heterocycles. The third kappa shape index (κ3) is 4.32. The first kappa shape index (κ1) is 17.0. The van der Waals surface area contributed by atoms with Crippen molar-refractivity contribution in [1.29, 1.82) is 0 Å². The van der Waals surface area contributed by atoms with Gasteiger partial charge in [-0.15, -0.1) is 0 Å². The number of hydrogen-bond acceptors (Lipinski definition) is 3. The van der Waals surface area contributed by atoms with Crippen molar-refractivity contribution >= 4 is 50.1 Å². The van der Waals surface area contributed by atoms with Gasteiger partial charge in [-0.3, -0.25) is 11.3 Å². The molecule has 3 N–H and O–H groups in total. The van der Waals surface area contributed by atoms with E-state index in [2.05, 4.69) is 43.9 Å². The SMILES string of the molecule is COc1ccc(Br)cc1CC(NN)c1cc(Cl)ccc1I. The van der Waals surface area contributed by atoms with E-state index in [4.69, 9.17) is 22.2 Å². The number of methoxy groups -OCH3 is 1. The summed E-state index contributed by atoms with van der Waals surface area (Å²) >= 11 is 11.9. The topological polar surface area (TPSA) is 47.3 Å². The zero-order valence-corrected chi connectivity index (χ0v) is 15.9. The molecule has 6 heteroatoms. The third-order valence-electron chi connectivity index (χ3n) is 3.20. The van der Waals surface area contributed by atoms with E-state index in [0.717, 1.165) is 24.9 Å². The molecule has 112 valence electrons. The van der Waals surface area contributed by atoms with Crippen molar-refractivity contribution in [3.63, 3.8) is 0 Å². The predicted octanol–water partition coefficient (Wildman–Crippen LogP) is 4.46. The molecule has 0 saturated heterocycles. The van der Waals surface area contributed by atoms with E-state index in [-0.39, 0.29) is 6.04 Å². The molecule has 0 bridgehead atoms. The number of hydrogen-bond donors (Lipinski definition) is 2. The Hall–Kier alpha value is -0.340. The summed E-state index contributed by atoms with van der Waals surface area (Å²) in [5.41, 5.74) is 5.02. The van der Waals surface area contributed by atoms with Crippen LogP contribution in [0.1, 0.15) is 17.2 Å². The van der Waals surface area contributed by atoms with Crippen LogP contribution in [-0.4, -0.2) is 7.11 Å². The normalized spacial score (nSPS) is 12.2. The lowest BCUT2D eigenvalue weighted by Gasteiger charge is -2.20. The molecule has 0 spiro atoms. The van der Waals surface area contributed by atoms with Crippen LogP contribution in [0.3, 0.4) is 0 Å². The zero-order valence-electron chi connectivity index (χ0n) is 11.4. The molecule has 0 aliphatic carbocycles. The number of nitrogens with two attached hydrogens (primary N) is 1. The van der Waals surface area contributed by atoms with Crippen LogP contribution in [0.25, 0.3) is 0 Å². The molecule has 2 aromatic carbocycles. The van der Waals surface area contributed by atoms with E-state index >= 15 is 0 Å². The molecule has 0 fully saturated rings. The van der Waals surface area contributed by atoms with E-state index in [1.165, 1.54) is 0 Å². The standard InChI is InChI=1S/C15H15BrClIN2O/c1-21-15-5-2-10(16)6-9(15)7-14(20-19)12-8-11(17)3-4-13(12)18/h2-6,8,14,20H,7,19H2,1H3. The Morgan fingerprint density at radius 1 is 1.33 bits per heavy atom. The maximum atomic E-state index is 6.10. The highest BCUT2D eigenvalue weighted by atomic mass is 127. The predicted molar refractivity (Wildman–Crippen MR) is 98.6 cm³/mol. The second-order valence-electron chi connectivity index (χ2n) is 4.55. The van der Waals surface area contributed by atoms with Crippen LogP contribution in [0, 0.1) is 3.57 Å². The van der Waals surface area contributed by atoms with Crippen molar-refractivity contribution in [2.75, 3.05) is 7.11 Å². The van der Waals surface area contributed by atoms with Crippen LogP contribution in [0.2, 0.25) is 5.02 Å². The number of ether oxygens (including phenoxy) is 1. The lowest BCUT2D eigenvalue weighted by atomic mass is 9.99. The van der Waals surface area contributed by atoms with Crippen LogP contribution in [0.4, 0.5) is 0 Å². The van der Waals surface area contributed by atoms with Crippen molar-refractivity contribution in [3.05, 3.63) is 60.6 Å². The van der Waals surface area contributed by atoms with E-state index < -0.39 is 0 Å². The lowest BCUT2D eigenvalue weighted by Crippen LogP contribution is -2.30. The molecular weight excluding hydrogens is 466 g/mol. The highest BCUT2D eigenvalue weighted by Gasteiger charge is 2.17. The number of hydrazine groups is 1. The zero-order chi connectivity index (χ0) is 15.4. The van der Waals surface area contributed by atoms with Gasteiger partial charge < -0.3 is 4.74 Å². The first-order valence-corrected chi connectivity index (χ1v) is 8.53. The van der Waals surface area contributed by atoms with Gasteiger partial charge in [0, 0.05) is 13.1 Å². The summed E-state index contributed by atoms with van der Waals surface area (Å²) in [5, 5.41) is 0.701. The average molecular weight is 482 g/mol. The first-order valence-electron chi connectivity index (χ1n) is 6.28. The Morgan fingerprint density at radius 3 is 2.76 bits per heavy atom. The van der Waals surface area contributed by atoms with Gasteiger partial charge in [0.25, 0.3) is 0 Å². The number of nitrogens with one attached hydrogen (secondary N) is 1. The summed E-state index contributed by atoms with van der Waals surface area (Å²) in [6.45, 7) is 0. The largest absolute Gasteiger partial charge is 0.496 e. The maximum absolute atomic E-state index is 6.10. The van der Waals surface area contributed by atoms with E-state index in [1.807, 2.05) is 36.4 Å². The van der Waals surface area contributed by atoms with Crippen LogP contribution in [0.15, 0.2) is 40.9 Å². The molecule has 0 amide bonds. The summed E-state index contributed by atoms with van der Waals surface area (Å²) < 4.78 is 7.55. The van der Waals surface area contributed by atoms with Gasteiger partial charge >= 0.3 is 0 Å². The van der Waals surface area contributed by atoms with Gasteiger partial charge in [-0.1, -0.05) is 27.5 Å². The molecule has 2 aromatic rings. The van der Waals surface area contributed by atoms with Crippen molar-refractivity contribution < 1.29 is 4.74 Å². The minimum atomic E-state index is -0.0428. The third-order valence-corrected chi connectivity index (χ3v) is 4.91. The summed E-state index contributed by atoms with van der Waals surface area (Å²) in [7, 11) is 1.67. The van der Waals surface area contributed by atoms with Crippen LogP contribution >= 0.6 is 50.1 Å². The minimum absolute atomic E-state index is 0.0428. The fourth-order valence-corrected chi connectivity index (χ4v) is 3.47. The molecule has 0 saturated carbocycles. The van der Waals surface area contributed by atoms with E-state index in [1.54, 1.807) is 7.11 Å². The van der Waals surface area contributed by atoms with Gasteiger partial charge in [0.1, 0.15) is 5.75 Å². The molecule has 0 aromatic heterocycles. The van der Waals surface area contributed by atoms with Crippen molar-refractivity contribution in [3.8, 4) is 5.75 Å². The number of benzene rings is 2. The van der Waals surface area contributed by atoms with Gasteiger partial charge in [0.2, 0.25) is 0 Å². The monoisotopic (exact) mass is 480 g/mol. The highest BCUT2D eigenvalue weighted by Crippen LogP contribution is 2.30. The Bertz CT molecular complexity index is 639. The fraction of sp³-hybridized carbons (Fsp3) is 0.200. The fourth-order valence-electron chi connectivity index (χ4n) is 2.17. The Kier molecular flexibility index (Phi) is 6.31. The Labute approximate surface area is 151 Å². The number of rotatable bonds is 5. The molecule has 3 nitrogen and oxygen atoms in total. The van der Waals surface area contributed by atoms with Crippen molar-refractivity contribution in [1.82, 2.24) is 5.43 Å². The maximum Gasteiger partial charge on any atom is 0.122 e. The molecular formula is C15H15BrClIN2O. The van der Waals surface area contributed by atoms with Gasteiger partial charge in [-0.25, -0.2) is 0 Å². The van der Waals surface area contributed by atoms with Crippen LogP contribution < -0.4 is 16.0 Å². The molecule has 0 heterocycles. The highest BCUT2D eigenvalue weighted by molar-refractivity contribution is 14.1. The Balaban J connectivity index is 2.35. The smallest absolute Gasteiger partial charge is 0.122 e. The summed E-state index contributed by atoms with van der Waals surface area (Å²) in [6.07, 6.45) is 0.704. The second-order valence-corrected chi connectivity index (χ2v) is 7.06. The molecule has 1 unspecified atom stereocenters. The molecule has 21 heavy (non-hydrogen) atoms. The molecule has 0 radical (unpaired) electrons. The molecule has 2 rings (SSSR count). The molecule has 1 atom stereocenters. The van der Waals surface area contributed by atoms with E-state index in [0.29, 0.717) is 11.4 Å². The summed E-state index contributed by atoms with van der Waals surface area (Å²) in [5.74, 6) is 6.60. The second kappa shape index (κ2) is 7.78. The first-order chi connectivity index (χ1) is 10.0. The summed E-state index contributed by atoms with van der Waals surface area (Å²) in [6, 6.07) is 11.7. The number of halogens is 3. The van der Waals surface area contributed by atoms with Crippen LogP contribution in [0.5, 0.6) is 5.75 Å². The Morgan fingerprint density at radius 2 is 2.10 bits per heavy atom. The van der Waals surface area contributed by atoms with Gasteiger partial charge in [0.15, 0.2) is 0 Å². The summed E-state index contributed by atoms with van der Waals surface area (Å²) in [4.78, 5) is 0. The van der Waals surface area contributed by atoms with Crippen molar-refractivity contribution in [2.45, 2.75) is 12.5 Å². The van der Waals surface area contributed by atoms with Gasteiger partial charge in [-0.05, 0) is 76.5 Å². The van der Waals surface area contributed by atoms with Gasteiger partial charge in [-0.2, -0.15) is 0 Å². The minimum Gasteiger partial charge on any atom is -0.496 e. The average Bonchev–Trinajstić information content (AvgIpc) is 2.47. The van der Waals surface area contributed by atoms with E-state index in [9.17, 15) is 0 Å². The van der Waals surface area contributed by atoms with Crippen LogP contribution in [-0.2, 0) is 6.42 Å². The molecule has 0 aliphatic rings.